The number of pyridine rings is 1. The molecule has 174 valence electrons. The second-order valence-corrected chi connectivity index (χ2v) is 9.25. The first-order chi connectivity index (χ1) is 16.0. The summed E-state index contributed by atoms with van der Waals surface area (Å²) in [5.74, 6) is 0.965. The zero-order chi connectivity index (χ0) is 22.9. The van der Waals surface area contributed by atoms with Gasteiger partial charge >= 0.3 is 0 Å². The normalized spacial score (nSPS) is 18.0. The van der Waals surface area contributed by atoms with Crippen LogP contribution in [-0.4, -0.2) is 64.4 Å². The Hall–Kier alpha value is -2.97. The number of halogens is 1. The van der Waals surface area contributed by atoms with Crippen molar-refractivity contribution in [3.05, 3.63) is 53.6 Å². The average Bonchev–Trinajstić information content (AvgIpc) is 3.55. The van der Waals surface area contributed by atoms with E-state index < -0.39 is 11.9 Å². The molecule has 2 fully saturated rings. The molecule has 33 heavy (non-hydrogen) atoms. The largest absolute Gasteiger partial charge is 0.453 e. The lowest BCUT2D eigenvalue weighted by molar-refractivity contribution is -0.134. The van der Waals surface area contributed by atoms with Crippen LogP contribution in [0.1, 0.15) is 24.0 Å². The highest BCUT2D eigenvalue weighted by atomic mass is 19.1. The minimum atomic E-state index is -0.687. The van der Waals surface area contributed by atoms with Crippen LogP contribution in [0.25, 0.3) is 11.0 Å². The van der Waals surface area contributed by atoms with E-state index in [9.17, 15) is 9.18 Å². The molecule has 3 heterocycles. The number of carbonyl (C=O) groups excluding carboxylic acids is 1. The Morgan fingerprint density at radius 2 is 2.03 bits per heavy atom. The van der Waals surface area contributed by atoms with E-state index in [1.807, 2.05) is 18.0 Å². The molecule has 0 radical (unpaired) electrons. The quantitative estimate of drug-likeness (QED) is 0.576. The van der Waals surface area contributed by atoms with Gasteiger partial charge in [-0.3, -0.25) is 9.69 Å². The minimum Gasteiger partial charge on any atom is -0.453 e. The van der Waals surface area contributed by atoms with Crippen molar-refractivity contribution >= 4 is 16.9 Å². The molecule has 1 aliphatic heterocycles. The molecule has 7 nitrogen and oxygen atoms in total. The summed E-state index contributed by atoms with van der Waals surface area (Å²) in [5.41, 5.74) is 8.56. The molecule has 1 atom stereocenters. The first-order valence-corrected chi connectivity index (χ1v) is 11.6. The summed E-state index contributed by atoms with van der Waals surface area (Å²) in [5, 5.41) is 0.825. The molecule has 1 aliphatic carbocycles. The number of hydrogen-bond acceptors (Lipinski definition) is 5. The minimum absolute atomic E-state index is 0.0658. The van der Waals surface area contributed by atoms with E-state index in [4.69, 9.17) is 10.5 Å². The van der Waals surface area contributed by atoms with E-state index in [1.54, 1.807) is 24.4 Å². The smallest absolute Gasteiger partial charge is 0.239 e. The fourth-order valence-corrected chi connectivity index (χ4v) is 4.53. The molecule has 1 saturated heterocycles. The molecule has 0 spiro atoms. The van der Waals surface area contributed by atoms with Crippen molar-refractivity contribution in [2.24, 2.45) is 11.7 Å². The Balaban J connectivity index is 1.20. The van der Waals surface area contributed by atoms with Gasteiger partial charge in [-0.05, 0) is 61.4 Å². The summed E-state index contributed by atoms with van der Waals surface area (Å²) in [6.07, 6.45) is 6.42. The van der Waals surface area contributed by atoms with Crippen LogP contribution in [0.5, 0.6) is 11.5 Å². The fraction of sp³-hybridized carbons (Fsp3) is 0.440. The van der Waals surface area contributed by atoms with Crippen LogP contribution >= 0.6 is 0 Å². The fourth-order valence-electron chi connectivity index (χ4n) is 4.53. The number of hydrogen-bond donors (Lipinski definition) is 2. The molecule has 1 unspecified atom stereocenters. The molecule has 5 rings (SSSR count). The second-order valence-electron chi connectivity index (χ2n) is 9.25. The Bertz CT molecular complexity index is 1150. The Morgan fingerprint density at radius 3 is 2.76 bits per heavy atom. The van der Waals surface area contributed by atoms with Crippen molar-refractivity contribution in [1.82, 2.24) is 19.8 Å². The van der Waals surface area contributed by atoms with Gasteiger partial charge in [-0.1, -0.05) is 6.07 Å². The highest BCUT2D eigenvalue weighted by Crippen LogP contribution is 2.32. The maximum absolute atomic E-state index is 14.8. The van der Waals surface area contributed by atoms with Crippen molar-refractivity contribution in [3.8, 4) is 11.5 Å². The zero-order valence-corrected chi connectivity index (χ0v) is 18.9. The first-order valence-electron chi connectivity index (χ1n) is 11.6. The molecule has 1 amide bonds. The zero-order valence-electron chi connectivity index (χ0n) is 18.9. The van der Waals surface area contributed by atoms with Crippen LogP contribution in [-0.2, 0) is 11.2 Å². The van der Waals surface area contributed by atoms with E-state index in [1.165, 1.54) is 18.9 Å². The number of carbonyl (C=O) groups is 1. The third-order valence-electron chi connectivity index (χ3n) is 6.62. The molecule has 8 heteroatoms. The number of amides is 1. The third kappa shape index (κ3) is 4.86. The Labute approximate surface area is 192 Å². The molecule has 3 aromatic rings. The van der Waals surface area contributed by atoms with Gasteiger partial charge in [0.1, 0.15) is 11.4 Å². The van der Waals surface area contributed by atoms with Gasteiger partial charge in [0.2, 0.25) is 5.91 Å². The number of aromatic nitrogens is 2. The van der Waals surface area contributed by atoms with Crippen LogP contribution in [0.4, 0.5) is 4.39 Å². The van der Waals surface area contributed by atoms with Gasteiger partial charge in [-0.15, -0.1) is 0 Å². The number of H-pyrrole nitrogens is 1. The molecule has 2 aromatic heterocycles. The van der Waals surface area contributed by atoms with E-state index in [2.05, 4.69) is 14.9 Å². The number of aromatic amines is 1. The number of nitrogens with two attached hydrogens (primary N) is 1. The van der Waals surface area contributed by atoms with Gasteiger partial charge in [-0.2, -0.15) is 0 Å². The summed E-state index contributed by atoms with van der Waals surface area (Å²) >= 11 is 0. The third-order valence-corrected chi connectivity index (χ3v) is 6.62. The summed E-state index contributed by atoms with van der Waals surface area (Å²) in [6.45, 7) is 6.31. The van der Waals surface area contributed by atoms with Crippen LogP contribution in [0.15, 0.2) is 36.7 Å². The molecule has 0 bridgehead atoms. The van der Waals surface area contributed by atoms with Crippen molar-refractivity contribution in [2.75, 3.05) is 32.7 Å². The highest BCUT2D eigenvalue weighted by molar-refractivity contribution is 5.86. The second kappa shape index (κ2) is 9.11. The Kier molecular flexibility index (Phi) is 6.03. The van der Waals surface area contributed by atoms with E-state index in [0.717, 1.165) is 36.5 Å². The number of nitrogens with zero attached hydrogens (tertiary/aromatic N) is 3. The summed E-state index contributed by atoms with van der Waals surface area (Å²) < 4.78 is 20.7. The predicted octanol–water partition coefficient (Wildman–Crippen LogP) is 3.23. The van der Waals surface area contributed by atoms with Gasteiger partial charge < -0.3 is 20.4 Å². The monoisotopic (exact) mass is 451 g/mol. The lowest BCUT2D eigenvalue weighted by atomic mass is 10.0. The SMILES string of the molecule is Cc1c[nH]c2nccc(Oc3ccc(CC(N)C(=O)N4CCN(CC5CC5)CC4)cc3F)c12. The predicted molar refractivity (Wildman–Crippen MR) is 125 cm³/mol. The van der Waals surface area contributed by atoms with Crippen LogP contribution in [0.2, 0.25) is 0 Å². The van der Waals surface area contributed by atoms with Crippen LogP contribution < -0.4 is 10.5 Å². The molecule has 1 aromatic carbocycles. The van der Waals surface area contributed by atoms with Gasteiger partial charge in [0, 0.05) is 45.1 Å². The molecule has 3 N–H and O–H groups in total. The molecular formula is C25H30FN5O2. The standard InChI is InChI=1S/C25H30FN5O2/c1-16-14-29-24-23(16)22(6-7-28-24)33-21-5-4-18(12-19(21)26)13-20(27)25(32)31-10-8-30(9-11-31)15-17-2-3-17/h4-7,12,14,17,20H,2-3,8-11,13,15,27H2,1H3,(H,28,29). The number of benzene rings is 1. The summed E-state index contributed by atoms with van der Waals surface area (Å²) in [7, 11) is 0. The van der Waals surface area contributed by atoms with E-state index in [-0.39, 0.29) is 18.1 Å². The average molecular weight is 452 g/mol. The van der Waals surface area contributed by atoms with Crippen LogP contribution in [0, 0.1) is 18.7 Å². The summed E-state index contributed by atoms with van der Waals surface area (Å²) in [4.78, 5) is 24.4. The summed E-state index contributed by atoms with van der Waals surface area (Å²) in [6, 6.07) is 5.79. The van der Waals surface area contributed by atoms with Gasteiger partial charge in [0.25, 0.3) is 0 Å². The van der Waals surface area contributed by atoms with Crippen molar-refractivity contribution < 1.29 is 13.9 Å². The topological polar surface area (TPSA) is 87.5 Å². The van der Waals surface area contributed by atoms with E-state index >= 15 is 0 Å². The van der Waals surface area contributed by atoms with Crippen LogP contribution in [0.3, 0.4) is 0 Å². The highest BCUT2D eigenvalue weighted by Gasteiger charge is 2.29. The number of fused-ring (bicyclic) bond motifs is 1. The van der Waals surface area contributed by atoms with Gasteiger partial charge in [-0.25, -0.2) is 9.37 Å². The van der Waals surface area contributed by atoms with Crippen molar-refractivity contribution in [3.63, 3.8) is 0 Å². The number of piperazine rings is 1. The van der Waals surface area contributed by atoms with Gasteiger partial charge in [0.05, 0.1) is 11.4 Å². The molecular weight excluding hydrogens is 421 g/mol. The maximum Gasteiger partial charge on any atom is 0.239 e. The first kappa shape index (κ1) is 21.9. The number of nitrogens with one attached hydrogen (secondary N) is 1. The Morgan fingerprint density at radius 1 is 1.24 bits per heavy atom. The van der Waals surface area contributed by atoms with E-state index in [0.29, 0.717) is 30.0 Å². The number of aryl methyl sites for hydroxylation is 1. The maximum atomic E-state index is 14.8. The molecule has 2 aliphatic rings. The molecule has 1 saturated carbocycles. The van der Waals surface area contributed by atoms with Crippen molar-refractivity contribution in [1.29, 1.82) is 0 Å². The lowest BCUT2D eigenvalue weighted by Crippen LogP contribution is -2.53. The van der Waals surface area contributed by atoms with Gasteiger partial charge in [0.15, 0.2) is 11.6 Å². The number of rotatable bonds is 7. The van der Waals surface area contributed by atoms with Crippen molar-refractivity contribution in [2.45, 2.75) is 32.2 Å². The number of ether oxygens (including phenoxy) is 1. The lowest BCUT2D eigenvalue weighted by Gasteiger charge is -2.36.